The standard InChI is InChI=1S/C57H93N15O18S/c1-8-29(4)43(52(84)68-44(30(5)75)53(85)64-36(23-32-24-60-27-61-32)55(87)70-18-9-12-39(70)50(82)66-38(26-74)49(81)69-45(31(6)76)57(89)90)67-47(79)34(17-21-91-7)62-48(80)37(25-73)65-51(83)40-13-10-19-71(40)56(88)41-14-11-20-72(41)54(86)35(15-16-42(59)77)63-46(78)33(58)22-28(2)3/h24,27-31,33-41,43-45,73-76H,8-23,25-26,58H2,1-7H3,(H2,59,77)(H,60,61)(H,62,80)(H,63,78)(H,64,85)(H,65,83)(H,66,82)(H,67,79)(H,68,84)(H,69,81)(H,89,90)/t29-,30+,31+,33-,34-,35-,36-,37-,38-,39-,40-,41-,43-,44-,45-/m0/s1. The number of likely N-dealkylation sites (tertiary alicyclic amines) is 3. The van der Waals surface area contributed by atoms with Gasteiger partial charge in [0.25, 0.3) is 0 Å². The highest BCUT2D eigenvalue weighted by atomic mass is 32.2. The molecule has 3 aliphatic rings. The molecule has 3 fully saturated rings. The Morgan fingerprint density at radius 2 is 1.09 bits per heavy atom. The fraction of sp³-hybridized carbons (Fsp3) is 0.719. The van der Waals surface area contributed by atoms with Crippen molar-refractivity contribution in [1.82, 2.24) is 67.2 Å². The summed E-state index contributed by atoms with van der Waals surface area (Å²) in [5.41, 5.74) is 11.8. The van der Waals surface area contributed by atoms with Gasteiger partial charge in [0.15, 0.2) is 6.04 Å². The van der Waals surface area contributed by atoms with E-state index in [0.717, 1.165) is 11.8 Å². The van der Waals surface area contributed by atoms with Crippen LogP contribution < -0.4 is 54.0 Å². The predicted octanol–water partition coefficient (Wildman–Crippen LogP) is -5.93. The first-order chi connectivity index (χ1) is 43.0. The fourth-order valence-corrected chi connectivity index (χ4v) is 11.4. The summed E-state index contributed by atoms with van der Waals surface area (Å²) in [6.07, 6.45) is 2.54. The number of aromatic amines is 1. The molecular formula is C57H93N15O18S. The van der Waals surface area contributed by atoms with Gasteiger partial charge in [-0.15, -0.1) is 0 Å². The predicted molar refractivity (Wildman–Crippen MR) is 325 cm³/mol. The van der Waals surface area contributed by atoms with Crippen molar-refractivity contribution in [3.63, 3.8) is 0 Å². The minimum atomic E-state index is -1.79. The summed E-state index contributed by atoms with van der Waals surface area (Å²) in [6.45, 7) is 7.60. The monoisotopic (exact) mass is 1310 g/mol. The summed E-state index contributed by atoms with van der Waals surface area (Å²) in [4.78, 5) is 187. The zero-order chi connectivity index (χ0) is 68.0. The van der Waals surface area contributed by atoms with Crippen LogP contribution in [0.5, 0.6) is 0 Å². The number of hydrogen-bond acceptors (Lipinski definition) is 20. The van der Waals surface area contributed by atoms with E-state index in [2.05, 4.69) is 47.2 Å². The highest BCUT2D eigenvalue weighted by Crippen LogP contribution is 2.27. The zero-order valence-electron chi connectivity index (χ0n) is 52.5. The van der Waals surface area contributed by atoms with Crippen molar-refractivity contribution in [2.24, 2.45) is 23.3 Å². The lowest BCUT2D eigenvalue weighted by Crippen LogP contribution is -2.63. The maximum Gasteiger partial charge on any atom is 0.328 e. The molecule has 4 rings (SSSR count). The number of thioether (sulfide) groups is 1. The van der Waals surface area contributed by atoms with Crippen LogP contribution in [0.4, 0.5) is 0 Å². The van der Waals surface area contributed by atoms with Gasteiger partial charge in [-0.1, -0.05) is 34.1 Å². The molecule has 18 N–H and O–H groups in total. The molecular weight excluding hydrogens is 1210 g/mol. The number of aliphatic hydroxyl groups excluding tert-OH is 4. The number of H-pyrrole nitrogens is 1. The lowest BCUT2D eigenvalue weighted by molar-refractivity contribution is -0.148. The number of aliphatic hydroxyl groups is 4. The summed E-state index contributed by atoms with van der Waals surface area (Å²) >= 11 is 1.31. The molecule has 510 valence electrons. The Labute approximate surface area is 531 Å². The number of primary amides is 1. The smallest absolute Gasteiger partial charge is 0.328 e. The lowest BCUT2D eigenvalue weighted by Gasteiger charge is -2.33. The number of aromatic nitrogens is 2. The number of imidazole rings is 1. The molecule has 0 unspecified atom stereocenters. The van der Waals surface area contributed by atoms with Crippen molar-refractivity contribution in [3.8, 4) is 0 Å². The molecule has 3 aliphatic heterocycles. The third kappa shape index (κ3) is 21.8. The number of amides is 12. The molecule has 33 nitrogen and oxygen atoms in total. The van der Waals surface area contributed by atoms with E-state index in [9.17, 15) is 87.9 Å². The quantitative estimate of drug-likeness (QED) is 0.0297. The average molecular weight is 1310 g/mol. The first-order valence-electron chi connectivity index (χ1n) is 30.6. The van der Waals surface area contributed by atoms with E-state index in [0.29, 0.717) is 25.0 Å². The van der Waals surface area contributed by atoms with Crippen molar-refractivity contribution in [3.05, 3.63) is 18.2 Å². The van der Waals surface area contributed by atoms with Crippen LogP contribution in [-0.2, 0) is 68.7 Å². The number of nitrogens with zero attached hydrogens (tertiary/aromatic N) is 4. The molecule has 15 atom stereocenters. The Hall–Kier alpha value is -7.53. The second-order valence-corrected chi connectivity index (χ2v) is 24.7. The largest absolute Gasteiger partial charge is 0.480 e. The van der Waals surface area contributed by atoms with Crippen LogP contribution in [0.2, 0.25) is 0 Å². The second kappa shape index (κ2) is 36.5. The van der Waals surface area contributed by atoms with Crippen LogP contribution in [0.1, 0.15) is 118 Å². The average Bonchev–Trinajstić information content (AvgIpc) is 2.03. The second-order valence-electron chi connectivity index (χ2n) is 23.7. The van der Waals surface area contributed by atoms with Crippen LogP contribution >= 0.6 is 11.8 Å². The minimum absolute atomic E-state index is 0.0243. The van der Waals surface area contributed by atoms with Crippen molar-refractivity contribution in [2.45, 2.75) is 203 Å². The van der Waals surface area contributed by atoms with Gasteiger partial charge in [-0.05, 0) is 95.5 Å². The van der Waals surface area contributed by atoms with E-state index >= 15 is 0 Å². The molecule has 4 heterocycles. The van der Waals surface area contributed by atoms with Crippen molar-refractivity contribution in [1.29, 1.82) is 0 Å². The third-order valence-electron chi connectivity index (χ3n) is 16.2. The van der Waals surface area contributed by atoms with Gasteiger partial charge in [0.1, 0.15) is 60.4 Å². The van der Waals surface area contributed by atoms with Crippen molar-refractivity contribution >= 4 is 88.6 Å². The van der Waals surface area contributed by atoms with Gasteiger partial charge in [-0.25, -0.2) is 9.78 Å². The van der Waals surface area contributed by atoms with Crippen LogP contribution in [0.25, 0.3) is 0 Å². The molecule has 0 radical (unpaired) electrons. The van der Waals surface area contributed by atoms with Gasteiger partial charge >= 0.3 is 5.97 Å². The highest BCUT2D eigenvalue weighted by molar-refractivity contribution is 7.98. The van der Waals surface area contributed by atoms with Gasteiger partial charge in [-0.2, -0.15) is 11.8 Å². The number of carbonyl (C=O) groups is 13. The summed E-state index contributed by atoms with van der Waals surface area (Å²) in [6, 6.07) is -16.9. The number of carboxylic acid groups (broad SMARTS) is 1. The Morgan fingerprint density at radius 3 is 1.59 bits per heavy atom. The number of nitrogens with two attached hydrogens (primary N) is 2. The van der Waals surface area contributed by atoms with Crippen LogP contribution in [0.3, 0.4) is 0 Å². The molecule has 1 aromatic heterocycles. The number of nitrogens with one attached hydrogen (secondary N) is 9. The molecule has 34 heteroatoms. The Balaban J connectivity index is 1.47. The summed E-state index contributed by atoms with van der Waals surface area (Å²) in [5.74, 6) is -12.1. The van der Waals surface area contributed by atoms with Crippen molar-refractivity contribution < 1.29 is 87.9 Å². The normalized spacial score (nSPS) is 20.4. The van der Waals surface area contributed by atoms with Gasteiger partial charge in [0.2, 0.25) is 70.9 Å². The zero-order valence-corrected chi connectivity index (χ0v) is 53.3. The molecule has 0 bridgehead atoms. The Kier molecular flexibility index (Phi) is 30.4. The van der Waals surface area contributed by atoms with Crippen LogP contribution in [-0.4, -0.2) is 257 Å². The van der Waals surface area contributed by atoms with Gasteiger partial charge in [0, 0.05) is 44.4 Å². The first kappa shape index (κ1) is 75.9. The van der Waals surface area contributed by atoms with Crippen LogP contribution in [0.15, 0.2) is 12.5 Å². The molecule has 0 aliphatic carbocycles. The number of hydrogen-bond donors (Lipinski definition) is 16. The maximum atomic E-state index is 14.4. The van der Waals surface area contributed by atoms with E-state index in [1.165, 1.54) is 41.0 Å². The first-order valence-corrected chi connectivity index (χ1v) is 32.0. The molecule has 0 saturated carbocycles. The van der Waals surface area contributed by atoms with Crippen LogP contribution in [0, 0.1) is 11.8 Å². The topological polar surface area (TPSA) is 510 Å². The van der Waals surface area contributed by atoms with Gasteiger partial charge in [-0.3, -0.25) is 57.5 Å². The summed E-state index contributed by atoms with van der Waals surface area (Å²) < 4.78 is 0. The lowest BCUT2D eigenvalue weighted by atomic mass is 9.96. The van der Waals surface area contributed by atoms with Gasteiger partial charge in [0.05, 0.1) is 37.8 Å². The Bertz CT molecular complexity index is 2710. The maximum absolute atomic E-state index is 14.4. The molecule has 0 spiro atoms. The summed E-state index contributed by atoms with van der Waals surface area (Å²) in [5, 5.41) is 70.5. The van der Waals surface area contributed by atoms with Crippen molar-refractivity contribution in [2.75, 3.05) is 44.9 Å². The Morgan fingerprint density at radius 1 is 0.615 bits per heavy atom. The van der Waals surface area contributed by atoms with E-state index in [1.54, 1.807) is 20.1 Å². The SMILES string of the molecule is CC[C@H](C)[C@H](NC(=O)[C@H](CCSC)NC(=O)[C@H](CO)NC(=O)[C@@H]1CCCN1C(=O)[C@@H]1CCCN1C(=O)[C@H](CCC(N)=O)NC(=O)[C@@H](N)CC(C)C)C(=O)N[C@H](C(=O)N[C@@H](Cc1cnc[nH]1)C(=O)N1CCC[C@H]1C(=O)N[C@@H](CO)C(=O)N[C@H](C(=O)O)[C@@H](C)O)[C@@H](C)O. The van der Waals surface area contributed by atoms with E-state index in [-0.39, 0.29) is 89.1 Å². The molecule has 1 aromatic rings. The number of carboxylic acids is 1. The highest BCUT2D eigenvalue weighted by Gasteiger charge is 2.46. The van der Waals surface area contributed by atoms with E-state index in [4.69, 9.17) is 11.5 Å². The number of rotatable bonds is 36. The molecule has 0 aromatic carbocycles. The minimum Gasteiger partial charge on any atom is -0.480 e. The number of aliphatic carboxylic acids is 1. The number of carbonyl (C=O) groups excluding carboxylic acids is 12. The van der Waals surface area contributed by atoms with Gasteiger partial charge < -0.3 is 99.2 Å². The van der Waals surface area contributed by atoms with E-state index in [1.807, 2.05) is 19.2 Å². The third-order valence-corrected chi connectivity index (χ3v) is 16.9. The molecule has 12 amide bonds. The fourth-order valence-electron chi connectivity index (χ4n) is 10.9. The molecule has 91 heavy (non-hydrogen) atoms. The van der Waals surface area contributed by atoms with E-state index < -0.39 is 181 Å². The molecule has 3 saturated heterocycles. The summed E-state index contributed by atoms with van der Waals surface area (Å²) in [7, 11) is 0.